The number of benzene rings is 1. The summed E-state index contributed by atoms with van der Waals surface area (Å²) in [5.74, 6) is -0.0970. The lowest BCUT2D eigenvalue weighted by atomic mass is 9.97. The fourth-order valence-corrected chi connectivity index (χ4v) is 3.11. The van der Waals surface area contributed by atoms with Crippen LogP contribution in [-0.4, -0.2) is 61.9 Å². The van der Waals surface area contributed by atoms with Crippen molar-refractivity contribution in [2.24, 2.45) is 5.92 Å². The molecule has 148 valence electrons. The first kappa shape index (κ1) is 21.1. The summed E-state index contributed by atoms with van der Waals surface area (Å²) >= 11 is 5.37. The topological polar surface area (TPSA) is 77.1 Å². The highest BCUT2D eigenvalue weighted by Gasteiger charge is 2.27. The van der Waals surface area contributed by atoms with Gasteiger partial charge in [0.1, 0.15) is 12.4 Å². The van der Waals surface area contributed by atoms with Crippen LogP contribution in [0.15, 0.2) is 24.3 Å². The summed E-state index contributed by atoms with van der Waals surface area (Å²) < 4.78 is 15.6. The molecule has 1 N–H and O–H groups in total. The second-order valence-electron chi connectivity index (χ2n) is 6.11. The highest BCUT2D eigenvalue weighted by atomic mass is 32.1. The summed E-state index contributed by atoms with van der Waals surface area (Å²) in [6.45, 7) is 4.19. The first-order chi connectivity index (χ1) is 13.1. The highest BCUT2D eigenvalue weighted by molar-refractivity contribution is 7.80. The third-order valence-corrected chi connectivity index (χ3v) is 4.66. The number of amides is 1. The van der Waals surface area contributed by atoms with Gasteiger partial charge in [0, 0.05) is 20.2 Å². The van der Waals surface area contributed by atoms with Crippen LogP contribution in [0.5, 0.6) is 5.75 Å². The number of esters is 1. The smallest absolute Gasteiger partial charge is 0.309 e. The molecular weight excluding hydrogens is 368 g/mol. The number of nitrogens with one attached hydrogen (secondary N) is 1. The van der Waals surface area contributed by atoms with Gasteiger partial charge in [0.25, 0.3) is 5.91 Å². The summed E-state index contributed by atoms with van der Waals surface area (Å²) in [7, 11) is 1.59. The molecule has 1 aliphatic heterocycles. The van der Waals surface area contributed by atoms with Gasteiger partial charge in [-0.2, -0.15) is 0 Å². The molecule has 1 aromatic rings. The molecule has 1 aromatic carbocycles. The van der Waals surface area contributed by atoms with Crippen molar-refractivity contribution in [1.29, 1.82) is 0 Å². The Balaban J connectivity index is 1.89. The van der Waals surface area contributed by atoms with Crippen LogP contribution in [-0.2, 0) is 14.3 Å². The van der Waals surface area contributed by atoms with E-state index in [1.807, 2.05) is 4.90 Å². The Morgan fingerprint density at radius 1 is 1.22 bits per heavy atom. The van der Waals surface area contributed by atoms with Crippen LogP contribution in [0.1, 0.15) is 30.1 Å². The molecule has 1 aliphatic rings. The van der Waals surface area contributed by atoms with Crippen molar-refractivity contribution in [3.8, 4) is 5.75 Å². The van der Waals surface area contributed by atoms with Crippen LogP contribution in [0.2, 0.25) is 0 Å². The van der Waals surface area contributed by atoms with E-state index in [0.29, 0.717) is 62.2 Å². The summed E-state index contributed by atoms with van der Waals surface area (Å²) in [6, 6.07) is 6.99. The quantitative estimate of drug-likeness (QED) is 0.431. The van der Waals surface area contributed by atoms with E-state index in [-0.39, 0.29) is 17.8 Å². The molecule has 1 saturated heterocycles. The van der Waals surface area contributed by atoms with E-state index in [4.69, 9.17) is 26.4 Å². The third kappa shape index (κ3) is 6.18. The number of para-hydroxylation sites is 1. The largest absolute Gasteiger partial charge is 0.490 e. The average molecular weight is 394 g/mol. The van der Waals surface area contributed by atoms with E-state index in [2.05, 4.69) is 5.32 Å². The number of nitrogens with zero attached hydrogens (tertiary/aromatic N) is 1. The summed E-state index contributed by atoms with van der Waals surface area (Å²) in [5, 5.41) is 3.11. The number of rotatable bonds is 7. The van der Waals surface area contributed by atoms with Crippen LogP contribution < -0.4 is 10.1 Å². The number of methoxy groups -OCH3 is 1. The molecule has 1 heterocycles. The molecule has 7 nitrogen and oxygen atoms in total. The van der Waals surface area contributed by atoms with Crippen LogP contribution >= 0.6 is 12.2 Å². The molecule has 0 aliphatic carbocycles. The van der Waals surface area contributed by atoms with Gasteiger partial charge in [0.05, 0.1) is 24.7 Å². The third-order valence-electron chi connectivity index (χ3n) is 4.30. The Kier molecular flexibility index (Phi) is 8.47. The molecule has 0 saturated carbocycles. The van der Waals surface area contributed by atoms with Crippen LogP contribution in [0.3, 0.4) is 0 Å². The van der Waals surface area contributed by atoms with E-state index >= 15 is 0 Å². The Morgan fingerprint density at radius 2 is 1.93 bits per heavy atom. The molecule has 0 bridgehead atoms. The van der Waals surface area contributed by atoms with Gasteiger partial charge in [0.15, 0.2) is 5.11 Å². The van der Waals surface area contributed by atoms with E-state index < -0.39 is 0 Å². The number of ether oxygens (including phenoxy) is 3. The highest BCUT2D eigenvalue weighted by Crippen LogP contribution is 2.20. The normalized spacial score (nSPS) is 14.5. The molecule has 27 heavy (non-hydrogen) atoms. The second kappa shape index (κ2) is 10.8. The minimum atomic E-state index is -0.319. The number of hydrogen-bond acceptors (Lipinski definition) is 6. The number of likely N-dealkylation sites (tertiary alicyclic amines) is 1. The number of carbonyl (C=O) groups excluding carboxylic acids is 2. The SMILES string of the molecule is CCOC(=O)C1CCN(C(=S)NC(=O)c2ccccc2OCCOC)CC1. The van der Waals surface area contributed by atoms with E-state index in [0.717, 1.165) is 0 Å². The van der Waals surface area contributed by atoms with Gasteiger partial charge < -0.3 is 19.1 Å². The lowest BCUT2D eigenvalue weighted by molar-refractivity contribution is -0.149. The van der Waals surface area contributed by atoms with Crippen LogP contribution in [0.4, 0.5) is 0 Å². The zero-order valence-electron chi connectivity index (χ0n) is 15.7. The molecule has 1 fully saturated rings. The molecule has 0 spiro atoms. The van der Waals surface area contributed by atoms with Crippen LogP contribution in [0, 0.1) is 5.92 Å². The van der Waals surface area contributed by atoms with Crippen molar-refractivity contribution in [3.05, 3.63) is 29.8 Å². The van der Waals surface area contributed by atoms with Gasteiger partial charge in [-0.15, -0.1) is 0 Å². The average Bonchev–Trinajstić information content (AvgIpc) is 2.68. The minimum absolute atomic E-state index is 0.102. The van der Waals surface area contributed by atoms with E-state index in [1.165, 1.54) is 0 Å². The molecule has 0 aromatic heterocycles. The maximum atomic E-state index is 12.6. The molecule has 0 unspecified atom stereocenters. The molecular formula is C19H26N2O5S. The van der Waals surface area contributed by atoms with Crippen molar-refractivity contribution in [2.75, 3.05) is 40.0 Å². The van der Waals surface area contributed by atoms with Gasteiger partial charge in [-0.25, -0.2) is 0 Å². The molecule has 2 rings (SSSR count). The van der Waals surface area contributed by atoms with Gasteiger partial charge >= 0.3 is 5.97 Å². The Bertz CT molecular complexity index is 659. The minimum Gasteiger partial charge on any atom is -0.490 e. The van der Waals surface area contributed by atoms with Gasteiger partial charge in [-0.05, 0) is 44.1 Å². The Morgan fingerprint density at radius 3 is 2.59 bits per heavy atom. The molecule has 0 atom stereocenters. The number of piperidine rings is 1. The van der Waals surface area contributed by atoms with Crippen LogP contribution in [0.25, 0.3) is 0 Å². The van der Waals surface area contributed by atoms with Crippen molar-refractivity contribution in [1.82, 2.24) is 10.2 Å². The maximum Gasteiger partial charge on any atom is 0.309 e. The lowest BCUT2D eigenvalue weighted by Gasteiger charge is -2.32. The predicted octanol–water partition coefficient (Wildman–Crippen LogP) is 2.00. The number of hydrogen-bond donors (Lipinski definition) is 1. The summed E-state index contributed by atoms with van der Waals surface area (Å²) in [6.07, 6.45) is 1.32. The number of carbonyl (C=O) groups is 2. The van der Waals surface area contributed by atoms with Gasteiger partial charge in [0.2, 0.25) is 0 Å². The predicted molar refractivity (Wildman–Crippen MR) is 105 cm³/mol. The Hall–Kier alpha value is -2.19. The summed E-state index contributed by atoms with van der Waals surface area (Å²) in [4.78, 5) is 26.3. The van der Waals surface area contributed by atoms with Crippen molar-refractivity contribution in [2.45, 2.75) is 19.8 Å². The van der Waals surface area contributed by atoms with Gasteiger partial charge in [-0.1, -0.05) is 12.1 Å². The Labute approximate surface area is 165 Å². The maximum absolute atomic E-state index is 12.6. The fraction of sp³-hybridized carbons (Fsp3) is 0.526. The van der Waals surface area contributed by atoms with Crippen molar-refractivity contribution >= 4 is 29.2 Å². The monoisotopic (exact) mass is 394 g/mol. The lowest BCUT2D eigenvalue weighted by Crippen LogP contribution is -2.47. The molecule has 0 radical (unpaired) electrons. The zero-order chi connectivity index (χ0) is 19.6. The summed E-state index contributed by atoms with van der Waals surface area (Å²) in [5.41, 5.74) is 0.414. The first-order valence-corrected chi connectivity index (χ1v) is 9.45. The first-order valence-electron chi connectivity index (χ1n) is 9.04. The molecule has 1 amide bonds. The second-order valence-corrected chi connectivity index (χ2v) is 6.50. The van der Waals surface area contributed by atoms with Gasteiger partial charge in [-0.3, -0.25) is 14.9 Å². The van der Waals surface area contributed by atoms with Crippen molar-refractivity contribution in [3.63, 3.8) is 0 Å². The standard InChI is InChI=1S/C19H26N2O5S/c1-3-25-18(23)14-8-10-21(11-9-14)19(27)20-17(22)15-6-4-5-7-16(15)26-13-12-24-2/h4-7,14H,3,8-13H2,1-2H3,(H,20,22,27). The van der Waals surface area contributed by atoms with Crippen molar-refractivity contribution < 1.29 is 23.8 Å². The van der Waals surface area contributed by atoms with E-state index in [9.17, 15) is 9.59 Å². The number of thiocarbonyl (C=S) groups is 1. The molecule has 8 heteroatoms. The fourth-order valence-electron chi connectivity index (χ4n) is 2.84. The van der Waals surface area contributed by atoms with E-state index in [1.54, 1.807) is 38.3 Å². The zero-order valence-corrected chi connectivity index (χ0v) is 16.5.